The Morgan fingerprint density at radius 3 is 2.39 bits per heavy atom. The van der Waals surface area contributed by atoms with Crippen LogP contribution < -0.4 is 4.90 Å². The first kappa shape index (κ1) is 17.5. The van der Waals surface area contributed by atoms with E-state index >= 15 is 0 Å². The topological polar surface area (TPSA) is 58.6 Å². The van der Waals surface area contributed by atoms with Gasteiger partial charge in [-0.05, 0) is 48.5 Å². The standard InChI is InChI=1S/C17H28N4O2/c1-11-10-20(15-12(2)13(3)18-14(4)19-15)8-9-21(11)16(22)23-17(5,6)7/h11H,8-10H2,1-7H3/t11-/m1/s1. The summed E-state index contributed by atoms with van der Waals surface area (Å²) in [5.74, 6) is 1.76. The van der Waals surface area contributed by atoms with Crippen molar-refractivity contribution >= 4 is 11.9 Å². The third-order valence-electron chi connectivity index (χ3n) is 4.03. The lowest BCUT2D eigenvalue weighted by Crippen LogP contribution is -2.55. The number of nitrogens with zero attached hydrogens (tertiary/aromatic N) is 4. The van der Waals surface area contributed by atoms with Gasteiger partial charge < -0.3 is 14.5 Å². The van der Waals surface area contributed by atoms with Crippen LogP contribution >= 0.6 is 0 Å². The van der Waals surface area contributed by atoms with Gasteiger partial charge in [-0.25, -0.2) is 14.8 Å². The quantitative estimate of drug-likeness (QED) is 0.796. The Balaban J connectivity index is 2.11. The molecule has 1 saturated heterocycles. The van der Waals surface area contributed by atoms with Gasteiger partial charge in [0.1, 0.15) is 17.2 Å². The van der Waals surface area contributed by atoms with Gasteiger partial charge in [0.05, 0.1) is 0 Å². The molecule has 6 nitrogen and oxygen atoms in total. The van der Waals surface area contributed by atoms with E-state index in [0.29, 0.717) is 6.54 Å². The summed E-state index contributed by atoms with van der Waals surface area (Å²) in [4.78, 5) is 25.4. The van der Waals surface area contributed by atoms with Crippen molar-refractivity contribution in [3.63, 3.8) is 0 Å². The molecule has 1 aromatic rings. The number of piperazine rings is 1. The summed E-state index contributed by atoms with van der Waals surface area (Å²) in [6.45, 7) is 15.8. The minimum Gasteiger partial charge on any atom is -0.444 e. The van der Waals surface area contributed by atoms with Gasteiger partial charge in [-0.3, -0.25) is 0 Å². The number of ether oxygens (including phenoxy) is 1. The molecule has 0 aromatic carbocycles. The predicted molar refractivity (Wildman–Crippen MR) is 90.9 cm³/mol. The van der Waals surface area contributed by atoms with Crippen LogP contribution in [0.15, 0.2) is 0 Å². The van der Waals surface area contributed by atoms with E-state index in [9.17, 15) is 4.79 Å². The molecule has 2 rings (SSSR count). The number of hydrogen-bond acceptors (Lipinski definition) is 5. The predicted octanol–water partition coefficient (Wildman–Crippen LogP) is 2.85. The van der Waals surface area contributed by atoms with Crippen molar-refractivity contribution in [1.82, 2.24) is 14.9 Å². The number of aryl methyl sites for hydroxylation is 2. The van der Waals surface area contributed by atoms with Crippen LogP contribution in [0.4, 0.5) is 10.6 Å². The third-order valence-corrected chi connectivity index (χ3v) is 4.03. The Kier molecular flexibility index (Phi) is 4.82. The van der Waals surface area contributed by atoms with Gasteiger partial charge in [0.2, 0.25) is 0 Å². The second kappa shape index (κ2) is 6.34. The summed E-state index contributed by atoms with van der Waals surface area (Å²) in [5.41, 5.74) is 1.65. The number of anilines is 1. The molecule has 0 unspecified atom stereocenters. The highest BCUT2D eigenvalue weighted by Crippen LogP contribution is 2.23. The Bertz CT molecular complexity index is 595. The molecule has 1 aromatic heterocycles. The minimum atomic E-state index is -0.467. The summed E-state index contributed by atoms with van der Waals surface area (Å²) in [6.07, 6.45) is -0.239. The fourth-order valence-electron chi connectivity index (χ4n) is 2.80. The van der Waals surface area contributed by atoms with E-state index in [1.165, 1.54) is 0 Å². The summed E-state index contributed by atoms with van der Waals surface area (Å²) in [7, 11) is 0. The number of carbonyl (C=O) groups excluding carboxylic acids is 1. The van der Waals surface area contributed by atoms with E-state index in [0.717, 1.165) is 36.0 Å². The third kappa shape index (κ3) is 4.12. The van der Waals surface area contributed by atoms with Crippen molar-refractivity contribution in [2.45, 2.75) is 60.1 Å². The number of aromatic nitrogens is 2. The zero-order valence-electron chi connectivity index (χ0n) is 15.3. The molecule has 6 heteroatoms. The van der Waals surface area contributed by atoms with Gasteiger partial charge in [-0.1, -0.05) is 0 Å². The maximum Gasteiger partial charge on any atom is 0.410 e. The SMILES string of the molecule is Cc1nc(C)c(C)c(N2CCN(C(=O)OC(C)(C)C)[C@H](C)C2)n1. The van der Waals surface area contributed by atoms with Gasteiger partial charge in [0.25, 0.3) is 0 Å². The summed E-state index contributed by atoms with van der Waals surface area (Å²) in [5, 5.41) is 0. The van der Waals surface area contributed by atoms with Crippen molar-refractivity contribution in [3.8, 4) is 0 Å². The van der Waals surface area contributed by atoms with Crippen molar-refractivity contribution in [2.24, 2.45) is 0 Å². The Morgan fingerprint density at radius 2 is 1.83 bits per heavy atom. The maximum absolute atomic E-state index is 12.3. The lowest BCUT2D eigenvalue weighted by atomic mass is 10.1. The maximum atomic E-state index is 12.3. The summed E-state index contributed by atoms with van der Waals surface area (Å²) < 4.78 is 5.49. The Hall–Kier alpha value is -1.85. The Labute approximate surface area is 138 Å². The highest BCUT2D eigenvalue weighted by Gasteiger charge is 2.31. The van der Waals surface area contributed by atoms with Crippen molar-refractivity contribution in [2.75, 3.05) is 24.5 Å². The van der Waals surface area contributed by atoms with Crippen LogP contribution in [0.3, 0.4) is 0 Å². The molecule has 1 aliphatic rings. The average molecular weight is 320 g/mol. The lowest BCUT2D eigenvalue weighted by Gasteiger charge is -2.41. The molecule has 128 valence electrons. The van der Waals surface area contributed by atoms with Crippen LogP contribution in [-0.2, 0) is 4.74 Å². The van der Waals surface area contributed by atoms with Gasteiger partial charge in [-0.2, -0.15) is 0 Å². The van der Waals surface area contributed by atoms with Crippen LogP contribution in [0.5, 0.6) is 0 Å². The second-order valence-electron chi connectivity index (χ2n) is 7.27. The molecule has 0 bridgehead atoms. The van der Waals surface area contributed by atoms with Crippen LogP contribution in [0.1, 0.15) is 44.8 Å². The zero-order chi connectivity index (χ0) is 17.4. The molecular weight excluding hydrogens is 292 g/mol. The molecule has 0 spiro atoms. The molecule has 0 N–H and O–H groups in total. The van der Waals surface area contributed by atoms with Crippen molar-refractivity contribution < 1.29 is 9.53 Å². The highest BCUT2D eigenvalue weighted by atomic mass is 16.6. The number of rotatable bonds is 1. The zero-order valence-corrected chi connectivity index (χ0v) is 15.3. The molecule has 2 heterocycles. The summed E-state index contributed by atoms with van der Waals surface area (Å²) >= 11 is 0. The Morgan fingerprint density at radius 1 is 1.17 bits per heavy atom. The minimum absolute atomic E-state index is 0.0774. The molecule has 23 heavy (non-hydrogen) atoms. The van der Waals surface area contributed by atoms with E-state index < -0.39 is 5.60 Å². The number of amides is 1. The van der Waals surface area contributed by atoms with Gasteiger partial charge in [0.15, 0.2) is 0 Å². The molecule has 0 aliphatic carbocycles. The largest absolute Gasteiger partial charge is 0.444 e. The van der Waals surface area contributed by atoms with E-state index in [1.807, 2.05) is 41.5 Å². The first-order valence-corrected chi connectivity index (χ1v) is 8.15. The average Bonchev–Trinajstić information content (AvgIpc) is 2.40. The second-order valence-corrected chi connectivity index (χ2v) is 7.27. The normalized spacial score (nSPS) is 19.0. The fourth-order valence-corrected chi connectivity index (χ4v) is 2.80. The van der Waals surface area contributed by atoms with Crippen LogP contribution in [0.2, 0.25) is 0 Å². The van der Waals surface area contributed by atoms with E-state index in [-0.39, 0.29) is 12.1 Å². The number of hydrogen-bond donors (Lipinski definition) is 0. The molecular formula is C17H28N4O2. The first-order valence-electron chi connectivity index (χ1n) is 8.15. The van der Waals surface area contributed by atoms with E-state index in [1.54, 1.807) is 4.90 Å². The molecule has 1 aliphatic heterocycles. The molecule has 0 radical (unpaired) electrons. The van der Waals surface area contributed by atoms with Gasteiger partial charge >= 0.3 is 6.09 Å². The smallest absolute Gasteiger partial charge is 0.410 e. The van der Waals surface area contributed by atoms with Crippen LogP contribution in [0.25, 0.3) is 0 Å². The molecule has 1 fully saturated rings. The monoisotopic (exact) mass is 320 g/mol. The molecule has 1 atom stereocenters. The van der Waals surface area contributed by atoms with Crippen molar-refractivity contribution in [3.05, 3.63) is 17.1 Å². The highest BCUT2D eigenvalue weighted by molar-refractivity contribution is 5.69. The van der Waals surface area contributed by atoms with E-state index in [2.05, 4.69) is 21.8 Å². The molecule has 1 amide bonds. The van der Waals surface area contributed by atoms with Gasteiger partial charge in [0, 0.05) is 36.9 Å². The van der Waals surface area contributed by atoms with Gasteiger partial charge in [-0.15, -0.1) is 0 Å². The first-order chi connectivity index (χ1) is 10.6. The van der Waals surface area contributed by atoms with E-state index in [4.69, 9.17) is 4.74 Å². The lowest BCUT2D eigenvalue weighted by molar-refractivity contribution is 0.0158. The summed E-state index contributed by atoms with van der Waals surface area (Å²) in [6, 6.07) is 0.0774. The van der Waals surface area contributed by atoms with Crippen molar-refractivity contribution in [1.29, 1.82) is 0 Å². The number of carbonyl (C=O) groups is 1. The van der Waals surface area contributed by atoms with Crippen LogP contribution in [-0.4, -0.2) is 52.2 Å². The van der Waals surface area contributed by atoms with Crippen LogP contribution in [0, 0.1) is 20.8 Å². The molecule has 0 saturated carbocycles. The fraction of sp³-hybridized carbons (Fsp3) is 0.706.